The number of likely N-dealkylation sites (N-methyl/N-ethyl adjacent to an activating group) is 1. The average molecular weight is 316 g/mol. The Morgan fingerprint density at radius 1 is 1.17 bits per heavy atom. The molecule has 0 aliphatic heterocycles. The highest BCUT2D eigenvalue weighted by atomic mass is 16.3. The van der Waals surface area contributed by atoms with E-state index in [1.54, 1.807) is 12.1 Å². The molecule has 1 aromatic carbocycles. The predicted octanol–water partition coefficient (Wildman–Crippen LogP) is 2.51. The molecular formula is C18H24N2O3. The summed E-state index contributed by atoms with van der Waals surface area (Å²) in [5.74, 6) is 0.405. The molecule has 0 saturated carbocycles. The van der Waals surface area contributed by atoms with Crippen LogP contribution in [0.3, 0.4) is 0 Å². The quantitative estimate of drug-likeness (QED) is 0.785. The van der Waals surface area contributed by atoms with Gasteiger partial charge in [-0.15, -0.1) is 0 Å². The van der Waals surface area contributed by atoms with E-state index in [0.717, 1.165) is 18.7 Å². The number of carbonyl (C=O) groups is 1. The van der Waals surface area contributed by atoms with Crippen LogP contribution in [0.25, 0.3) is 0 Å². The van der Waals surface area contributed by atoms with Crippen molar-refractivity contribution in [1.82, 2.24) is 10.2 Å². The van der Waals surface area contributed by atoms with Gasteiger partial charge in [-0.25, -0.2) is 0 Å². The molecule has 0 aliphatic carbocycles. The number of hydrogen-bond donors (Lipinski definition) is 2. The Hall–Kier alpha value is -2.11. The zero-order chi connectivity index (χ0) is 16.7. The molecule has 2 atom stereocenters. The number of aliphatic hydroxyl groups is 1. The van der Waals surface area contributed by atoms with Gasteiger partial charge >= 0.3 is 0 Å². The number of furan rings is 1. The highest BCUT2D eigenvalue weighted by Crippen LogP contribution is 2.22. The summed E-state index contributed by atoms with van der Waals surface area (Å²) in [4.78, 5) is 14.9. The maximum absolute atomic E-state index is 12.9. The van der Waals surface area contributed by atoms with Gasteiger partial charge in [0.05, 0.1) is 12.9 Å². The van der Waals surface area contributed by atoms with Gasteiger partial charge in [-0.05, 0) is 30.8 Å². The first-order chi connectivity index (χ1) is 11.2. The number of nitrogens with one attached hydrogen (secondary N) is 1. The second-order valence-corrected chi connectivity index (χ2v) is 5.29. The molecule has 0 aliphatic rings. The van der Waals surface area contributed by atoms with Crippen molar-refractivity contribution in [2.75, 3.05) is 19.7 Å². The van der Waals surface area contributed by atoms with Gasteiger partial charge in [0, 0.05) is 0 Å². The van der Waals surface area contributed by atoms with Crippen molar-refractivity contribution in [3.8, 4) is 0 Å². The van der Waals surface area contributed by atoms with E-state index in [0.29, 0.717) is 5.76 Å². The third kappa shape index (κ3) is 4.21. The van der Waals surface area contributed by atoms with E-state index in [2.05, 4.69) is 10.2 Å². The molecule has 23 heavy (non-hydrogen) atoms. The van der Waals surface area contributed by atoms with Crippen LogP contribution < -0.4 is 5.32 Å². The fraction of sp³-hybridized carbons (Fsp3) is 0.389. The number of nitrogens with zero attached hydrogens (tertiary/aromatic N) is 1. The zero-order valence-electron chi connectivity index (χ0n) is 13.6. The molecule has 0 saturated heterocycles. The molecule has 2 unspecified atom stereocenters. The Labute approximate surface area is 136 Å². The van der Waals surface area contributed by atoms with Crippen molar-refractivity contribution in [2.45, 2.75) is 25.9 Å². The molecule has 5 nitrogen and oxygen atoms in total. The number of carbonyl (C=O) groups excluding carboxylic acids is 1. The lowest BCUT2D eigenvalue weighted by molar-refractivity contribution is -0.127. The van der Waals surface area contributed by atoms with E-state index in [1.165, 1.54) is 6.26 Å². The van der Waals surface area contributed by atoms with Crippen LogP contribution in [-0.2, 0) is 4.79 Å². The normalized spacial score (nSPS) is 13.7. The highest BCUT2D eigenvalue weighted by molar-refractivity contribution is 5.83. The molecule has 0 bridgehead atoms. The van der Waals surface area contributed by atoms with Gasteiger partial charge in [-0.1, -0.05) is 44.2 Å². The van der Waals surface area contributed by atoms with E-state index in [9.17, 15) is 9.90 Å². The van der Waals surface area contributed by atoms with Gasteiger partial charge < -0.3 is 14.8 Å². The first kappa shape index (κ1) is 17.2. The van der Waals surface area contributed by atoms with Gasteiger partial charge in [0.1, 0.15) is 17.8 Å². The van der Waals surface area contributed by atoms with Crippen LogP contribution in [-0.4, -0.2) is 35.6 Å². The monoisotopic (exact) mass is 316 g/mol. The van der Waals surface area contributed by atoms with E-state index >= 15 is 0 Å². The average Bonchev–Trinajstić information content (AvgIpc) is 3.12. The number of aliphatic hydroxyl groups excluding tert-OH is 1. The minimum Gasteiger partial charge on any atom is -0.467 e. The van der Waals surface area contributed by atoms with Crippen LogP contribution in [0.2, 0.25) is 0 Å². The Morgan fingerprint density at radius 2 is 1.87 bits per heavy atom. The van der Waals surface area contributed by atoms with E-state index in [4.69, 9.17) is 4.42 Å². The second kappa shape index (κ2) is 8.50. The van der Waals surface area contributed by atoms with Gasteiger partial charge in [-0.3, -0.25) is 9.69 Å². The fourth-order valence-electron chi connectivity index (χ4n) is 2.70. The van der Waals surface area contributed by atoms with Crippen LogP contribution in [0.5, 0.6) is 0 Å². The molecule has 0 radical (unpaired) electrons. The largest absolute Gasteiger partial charge is 0.467 e. The molecule has 1 aromatic heterocycles. The van der Waals surface area contributed by atoms with Crippen LogP contribution in [0.4, 0.5) is 0 Å². The summed E-state index contributed by atoms with van der Waals surface area (Å²) in [6, 6.07) is 12.2. The predicted molar refractivity (Wildman–Crippen MR) is 88.8 cm³/mol. The molecule has 0 spiro atoms. The van der Waals surface area contributed by atoms with Crippen molar-refractivity contribution in [3.05, 3.63) is 60.1 Å². The number of amides is 1. The fourth-order valence-corrected chi connectivity index (χ4v) is 2.70. The maximum Gasteiger partial charge on any atom is 0.242 e. The smallest absolute Gasteiger partial charge is 0.242 e. The minimum atomic E-state index is -0.542. The van der Waals surface area contributed by atoms with Crippen molar-refractivity contribution < 1.29 is 14.3 Å². The van der Waals surface area contributed by atoms with Crippen LogP contribution >= 0.6 is 0 Å². The summed E-state index contributed by atoms with van der Waals surface area (Å²) in [7, 11) is 0. The van der Waals surface area contributed by atoms with E-state index < -0.39 is 12.1 Å². The Kier molecular flexibility index (Phi) is 6.38. The maximum atomic E-state index is 12.9. The lowest BCUT2D eigenvalue weighted by Gasteiger charge is -2.30. The lowest BCUT2D eigenvalue weighted by atomic mass is 10.0. The van der Waals surface area contributed by atoms with Gasteiger partial charge in [0.2, 0.25) is 5.91 Å². The molecule has 2 rings (SSSR count). The summed E-state index contributed by atoms with van der Waals surface area (Å²) >= 11 is 0. The molecule has 2 aromatic rings. The summed E-state index contributed by atoms with van der Waals surface area (Å²) in [5.41, 5.74) is 0.935. The van der Waals surface area contributed by atoms with Crippen LogP contribution in [0.1, 0.15) is 37.3 Å². The van der Waals surface area contributed by atoms with Crippen molar-refractivity contribution >= 4 is 5.91 Å². The van der Waals surface area contributed by atoms with Crippen LogP contribution in [0.15, 0.2) is 53.1 Å². The number of hydrogen-bond acceptors (Lipinski definition) is 4. The SMILES string of the molecule is CCN(CC)C(C(=O)NC(CO)c1ccco1)c1ccccc1. The molecule has 124 valence electrons. The van der Waals surface area contributed by atoms with Gasteiger partial charge in [0.15, 0.2) is 0 Å². The molecule has 5 heteroatoms. The molecule has 1 heterocycles. The Bertz CT molecular complexity index is 580. The van der Waals surface area contributed by atoms with E-state index in [-0.39, 0.29) is 12.5 Å². The zero-order valence-corrected chi connectivity index (χ0v) is 13.6. The third-order valence-electron chi connectivity index (χ3n) is 3.93. The van der Waals surface area contributed by atoms with E-state index in [1.807, 2.05) is 44.2 Å². The summed E-state index contributed by atoms with van der Waals surface area (Å²) in [5, 5.41) is 12.5. The standard InChI is InChI=1S/C18H24N2O3/c1-3-20(4-2)17(14-9-6-5-7-10-14)18(22)19-15(13-21)16-11-8-12-23-16/h5-12,15,17,21H,3-4,13H2,1-2H3,(H,19,22). The topological polar surface area (TPSA) is 65.7 Å². The first-order valence-electron chi connectivity index (χ1n) is 7.94. The third-order valence-corrected chi connectivity index (χ3v) is 3.93. The molecule has 1 amide bonds. The lowest BCUT2D eigenvalue weighted by Crippen LogP contribution is -2.42. The van der Waals surface area contributed by atoms with Crippen molar-refractivity contribution in [3.63, 3.8) is 0 Å². The Balaban J connectivity index is 2.22. The Morgan fingerprint density at radius 3 is 2.39 bits per heavy atom. The summed E-state index contributed by atoms with van der Waals surface area (Å²) in [6.45, 7) is 5.37. The van der Waals surface area contributed by atoms with Gasteiger partial charge in [0.25, 0.3) is 0 Å². The summed E-state index contributed by atoms with van der Waals surface area (Å²) < 4.78 is 5.30. The minimum absolute atomic E-state index is 0.143. The number of rotatable bonds is 8. The molecule has 0 fully saturated rings. The van der Waals surface area contributed by atoms with Crippen molar-refractivity contribution in [1.29, 1.82) is 0 Å². The highest BCUT2D eigenvalue weighted by Gasteiger charge is 2.28. The van der Waals surface area contributed by atoms with Crippen LogP contribution in [0, 0.1) is 0 Å². The number of benzene rings is 1. The van der Waals surface area contributed by atoms with Crippen molar-refractivity contribution in [2.24, 2.45) is 0 Å². The van der Waals surface area contributed by atoms with Gasteiger partial charge in [-0.2, -0.15) is 0 Å². The first-order valence-corrected chi connectivity index (χ1v) is 7.94. The second-order valence-electron chi connectivity index (χ2n) is 5.29. The molecule has 2 N–H and O–H groups in total. The summed E-state index contributed by atoms with van der Waals surface area (Å²) in [6.07, 6.45) is 1.53. The molecular weight excluding hydrogens is 292 g/mol.